The van der Waals surface area contributed by atoms with E-state index in [0.717, 1.165) is 0 Å². The summed E-state index contributed by atoms with van der Waals surface area (Å²) in [4.78, 5) is 16.6. The number of fused-ring (bicyclic) bond motifs is 1. The molecule has 4 heteroatoms. The Labute approximate surface area is 120 Å². The SMILES string of the molecule is O=C(c1ccccc1)c1cc(C(F)F)c2ccccc2n1. The van der Waals surface area contributed by atoms with Gasteiger partial charge in [0.1, 0.15) is 5.69 Å². The third-order valence-electron chi connectivity index (χ3n) is 3.25. The molecule has 0 fully saturated rings. The van der Waals surface area contributed by atoms with Crippen molar-refractivity contribution in [2.24, 2.45) is 0 Å². The van der Waals surface area contributed by atoms with Crippen LogP contribution in [0.3, 0.4) is 0 Å². The lowest BCUT2D eigenvalue weighted by atomic mass is 10.0. The smallest absolute Gasteiger partial charge is 0.264 e. The number of carbonyl (C=O) groups is 1. The van der Waals surface area contributed by atoms with E-state index >= 15 is 0 Å². The van der Waals surface area contributed by atoms with Crippen molar-refractivity contribution in [1.82, 2.24) is 4.98 Å². The largest absolute Gasteiger partial charge is 0.287 e. The van der Waals surface area contributed by atoms with Crippen LogP contribution in [0.2, 0.25) is 0 Å². The van der Waals surface area contributed by atoms with Crippen LogP contribution in [-0.4, -0.2) is 10.8 Å². The normalized spacial score (nSPS) is 11.0. The van der Waals surface area contributed by atoms with Gasteiger partial charge in [-0.05, 0) is 12.1 Å². The molecule has 0 radical (unpaired) electrons. The first-order valence-electron chi connectivity index (χ1n) is 6.44. The first-order chi connectivity index (χ1) is 10.2. The van der Waals surface area contributed by atoms with Crippen molar-refractivity contribution < 1.29 is 13.6 Å². The summed E-state index contributed by atoms with van der Waals surface area (Å²) >= 11 is 0. The molecule has 21 heavy (non-hydrogen) atoms. The number of ketones is 1. The van der Waals surface area contributed by atoms with Crippen LogP contribution < -0.4 is 0 Å². The number of benzene rings is 2. The van der Waals surface area contributed by atoms with Gasteiger partial charge in [0.05, 0.1) is 5.52 Å². The molecule has 0 aliphatic rings. The maximum absolute atomic E-state index is 13.2. The van der Waals surface area contributed by atoms with E-state index in [2.05, 4.69) is 4.98 Å². The minimum atomic E-state index is -2.65. The Hall–Kier alpha value is -2.62. The van der Waals surface area contributed by atoms with Gasteiger partial charge in [0, 0.05) is 16.5 Å². The number of nitrogens with zero attached hydrogens (tertiary/aromatic N) is 1. The standard InChI is InChI=1S/C17H11F2NO/c18-17(19)13-10-15(16(21)11-6-2-1-3-7-11)20-14-9-5-4-8-12(13)14/h1-10,17H. The molecule has 2 nitrogen and oxygen atoms in total. The van der Waals surface area contributed by atoms with Gasteiger partial charge in [0.15, 0.2) is 0 Å². The monoisotopic (exact) mass is 283 g/mol. The van der Waals surface area contributed by atoms with E-state index in [-0.39, 0.29) is 17.0 Å². The lowest BCUT2D eigenvalue weighted by Crippen LogP contribution is -2.06. The average molecular weight is 283 g/mol. The Kier molecular flexibility index (Phi) is 3.44. The predicted molar refractivity (Wildman–Crippen MR) is 76.6 cm³/mol. The highest BCUT2D eigenvalue weighted by atomic mass is 19.3. The maximum Gasteiger partial charge on any atom is 0.264 e. The van der Waals surface area contributed by atoms with E-state index in [1.54, 1.807) is 54.6 Å². The van der Waals surface area contributed by atoms with Crippen LogP contribution in [-0.2, 0) is 0 Å². The molecule has 3 rings (SSSR count). The number of aromatic nitrogens is 1. The molecule has 0 N–H and O–H groups in total. The number of hydrogen-bond acceptors (Lipinski definition) is 2. The van der Waals surface area contributed by atoms with E-state index < -0.39 is 6.43 Å². The Morgan fingerprint density at radius 2 is 1.62 bits per heavy atom. The summed E-state index contributed by atoms with van der Waals surface area (Å²) in [6.45, 7) is 0. The van der Waals surface area contributed by atoms with Crippen LogP contribution in [0.25, 0.3) is 10.9 Å². The fraction of sp³-hybridized carbons (Fsp3) is 0.0588. The molecule has 104 valence electrons. The second-order valence-corrected chi connectivity index (χ2v) is 4.61. The number of rotatable bonds is 3. The van der Waals surface area contributed by atoms with E-state index in [1.165, 1.54) is 6.07 Å². The third kappa shape index (κ3) is 2.52. The molecule has 1 aromatic heterocycles. The minimum absolute atomic E-state index is 0.0372. The Morgan fingerprint density at radius 3 is 2.33 bits per heavy atom. The molecule has 3 aromatic rings. The topological polar surface area (TPSA) is 30.0 Å². The lowest BCUT2D eigenvalue weighted by Gasteiger charge is -2.08. The quantitative estimate of drug-likeness (QED) is 0.667. The number of alkyl halides is 2. The first kappa shape index (κ1) is 13.4. The highest BCUT2D eigenvalue weighted by molar-refractivity contribution is 6.08. The van der Waals surface area contributed by atoms with Crippen molar-refractivity contribution in [1.29, 1.82) is 0 Å². The van der Waals surface area contributed by atoms with E-state index in [9.17, 15) is 13.6 Å². The fourth-order valence-corrected chi connectivity index (χ4v) is 2.24. The summed E-state index contributed by atoms with van der Waals surface area (Å²) in [5.74, 6) is -0.358. The summed E-state index contributed by atoms with van der Waals surface area (Å²) in [6, 6.07) is 16.3. The van der Waals surface area contributed by atoms with Gasteiger partial charge in [-0.25, -0.2) is 13.8 Å². The molecule has 0 unspecified atom stereocenters. The highest BCUT2D eigenvalue weighted by Gasteiger charge is 2.18. The van der Waals surface area contributed by atoms with Crippen LogP contribution in [0.1, 0.15) is 28.0 Å². The molecule has 0 aliphatic heterocycles. The first-order valence-corrected chi connectivity index (χ1v) is 6.44. The average Bonchev–Trinajstić information content (AvgIpc) is 2.53. The van der Waals surface area contributed by atoms with Gasteiger partial charge in [0.2, 0.25) is 5.78 Å². The van der Waals surface area contributed by atoms with Crippen LogP contribution in [0.5, 0.6) is 0 Å². The van der Waals surface area contributed by atoms with Crippen molar-refractivity contribution >= 4 is 16.7 Å². The number of para-hydroxylation sites is 1. The number of pyridine rings is 1. The molecule has 0 aliphatic carbocycles. The van der Waals surface area contributed by atoms with Gasteiger partial charge in [-0.2, -0.15) is 0 Å². The zero-order valence-corrected chi connectivity index (χ0v) is 11.0. The van der Waals surface area contributed by atoms with E-state index in [0.29, 0.717) is 16.5 Å². The van der Waals surface area contributed by atoms with Crippen molar-refractivity contribution in [2.45, 2.75) is 6.43 Å². The molecular weight excluding hydrogens is 272 g/mol. The molecule has 0 amide bonds. The Bertz CT molecular complexity index is 800. The van der Waals surface area contributed by atoms with E-state index in [4.69, 9.17) is 0 Å². The van der Waals surface area contributed by atoms with Crippen molar-refractivity contribution in [3.05, 3.63) is 77.5 Å². The van der Waals surface area contributed by atoms with Gasteiger partial charge >= 0.3 is 0 Å². The molecule has 0 atom stereocenters. The number of halogens is 2. The summed E-state index contributed by atoms with van der Waals surface area (Å²) in [7, 11) is 0. The van der Waals surface area contributed by atoms with Gasteiger partial charge in [-0.3, -0.25) is 4.79 Å². The number of hydrogen-bond donors (Lipinski definition) is 0. The maximum atomic E-state index is 13.2. The molecule has 2 aromatic carbocycles. The summed E-state index contributed by atoms with van der Waals surface area (Å²) in [5.41, 5.74) is 0.699. The zero-order valence-electron chi connectivity index (χ0n) is 11.0. The van der Waals surface area contributed by atoms with Crippen LogP contribution in [0, 0.1) is 0 Å². The summed E-state index contributed by atoms with van der Waals surface area (Å²) < 4.78 is 26.4. The molecule has 0 saturated heterocycles. The predicted octanol–water partition coefficient (Wildman–Crippen LogP) is 4.40. The molecule has 0 bridgehead atoms. The van der Waals surface area contributed by atoms with Crippen molar-refractivity contribution in [3.8, 4) is 0 Å². The molecular formula is C17H11F2NO. The zero-order chi connectivity index (χ0) is 14.8. The van der Waals surface area contributed by atoms with Crippen molar-refractivity contribution in [3.63, 3.8) is 0 Å². The summed E-state index contributed by atoms with van der Waals surface area (Å²) in [6.07, 6.45) is -2.65. The summed E-state index contributed by atoms with van der Waals surface area (Å²) in [5, 5.41) is 0.372. The Balaban J connectivity index is 2.18. The minimum Gasteiger partial charge on any atom is -0.287 e. The van der Waals surface area contributed by atoms with Gasteiger partial charge in [0.25, 0.3) is 6.43 Å². The van der Waals surface area contributed by atoms with Crippen molar-refractivity contribution in [2.75, 3.05) is 0 Å². The van der Waals surface area contributed by atoms with Gasteiger partial charge in [-0.1, -0.05) is 48.5 Å². The highest BCUT2D eigenvalue weighted by Crippen LogP contribution is 2.28. The second kappa shape index (κ2) is 5.40. The van der Waals surface area contributed by atoms with Crippen LogP contribution >= 0.6 is 0 Å². The van der Waals surface area contributed by atoms with Crippen LogP contribution in [0.15, 0.2) is 60.7 Å². The van der Waals surface area contributed by atoms with Gasteiger partial charge < -0.3 is 0 Å². The Morgan fingerprint density at radius 1 is 0.952 bits per heavy atom. The third-order valence-corrected chi connectivity index (χ3v) is 3.25. The molecule has 0 saturated carbocycles. The van der Waals surface area contributed by atoms with E-state index in [1.807, 2.05) is 0 Å². The molecule has 0 spiro atoms. The fourth-order valence-electron chi connectivity index (χ4n) is 2.24. The lowest BCUT2D eigenvalue weighted by molar-refractivity contribution is 0.103. The van der Waals surface area contributed by atoms with Crippen LogP contribution in [0.4, 0.5) is 8.78 Å². The second-order valence-electron chi connectivity index (χ2n) is 4.61. The van der Waals surface area contributed by atoms with Gasteiger partial charge in [-0.15, -0.1) is 0 Å². The number of carbonyl (C=O) groups excluding carboxylic acids is 1. The molecule has 1 heterocycles.